The fraction of sp³-hybridized carbons (Fsp3) is 0. The third-order valence-electron chi connectivity index (χ3n) is 1.71. The monoisotopic (exact) mass is 196 g/mol. The minimum atomic E-state index is -0.919. The van der Waals surface area contributed by atoms with E-state index in [0.29, 0.717) is 0 Å². The number of hydrogen-bond acceptors (Lipinski definition) is 3. The molecule has 14 heavy (non-hydrogen) atoms. The summed E-state index contributed by atoms with van der Waals surface area (Å²) >= 11 is 0. The number of primary amides is 1. The number of carbonyl (C=O) groups is 1. The van der Waals surface area contributed by atoms with Crippen LogP contribution < -0.4 is 11.3 Å². The highest BCUT2D eigenvalue weighted by molar-refractivity contribution is 5.88. The molecule has 0 aliphatic heterocycles. The number of nitrogens with zero attached hydrogens (tertiary/aromatic N) is 2. The maximum absolute atomic E-state index is 13.0. The Morgan fingerprint density at radius 2 is 2.29 bits per heavy atom. The Labute approximate surface area is 76.2 Å². The van der Waals surface area contributed by atoms with Gasteiger partial charge in [-0.3, -0.25) is 14.6 Å². The first-order valence-electron chi connectivity index (χ1n) is 3.67. The van der Waals surface area contributed by atoms with Crippen LogP contribution in [0, 0.1) is 5.95 Å². The smallest absolute Gasteiger partial charge is 0.286 e. The minimum absolute atomic E-state index is 0.0208. The normalized spacial score (nSPS) is 10.6. The van der Waals surface area contributed by atoms with Gasteiger partial charge in [0.05, 0.1) is 0 Å². The zero-order valence-electron chi connectivity index (χ0n) is 6.82. The van der Waals surface area contributed by atoms with Crippen LogP contribution in [0.4, 0.5) is 4.39 Å². The molecule has 0 unspecified atom stereocenters. The fourth-order valence-corrected chi connectivity index (χ4v) is 1.08. The number of aromatic amines is 1. The van der Waals surface area contributed by atoms with E-state index in [2.05, 4.69) is 10.1 Å². The van der Waals surface area contributed by atoms with Crippen LogP contribution >= 0.6 is 0 Å². The second kappa shape index (κ2) is 2.66. The SMILES string of the molecule is NC(=O)c1nn2c(F)ccc2c(=O)[nH]1. The number of H-pyrrole nitrogens is 1. The lowest BCUT2D eigenvalue weighted by molar-refractivity contribution is 0.0988. The van der Waals surface area contributed by atoms with E-state index in [0.717, 1.165) is 10.6 Å². The number of amides is 1. The van der Waals surface area contributed by atoms with Crippen molar-refractivity contribution >= 4 is 11.4 Å². The number of nitrogens with two attached hydrogens (primary N) is 1. The Balaban J connectivity index is 2.89. The molecule has 7 heteroatoms. The summed E-state index contributed by atoms with van der Waals surface area (Å²) < 4.78 is 13.7. The number of carbonyl (C=O) groups excluding carboxylic acids is 1. The van der Waals surface area contributed by atoms with Crippen molar-refractivity contribution in [3.05, 3.63) is 34.3 Å². The van der Waals surface area contributed by atoms with Gasteiger partial charge in [0, 0.05) is 0 Å². The summed E-state index contributed by atoms with van der Waals surface area (Å²) in [6, 6.07) is 2.33. The van der Waals surface area contributed by atoms with E-state index in [4.69, 9.17) is 5.73 Å². The van der Waals surface area contributed by atoms with Crippen LogP contribution in [0.2, 0.25) is 0 Å². The molecule has 0 saturated heterocycles. The summed E-state index contributed by atoms with van der Waals surface area (Å²) in [7, 11) is 0. The molecule has 72 valence electrons. The lowest BCUT2D eigenvalue weighted by Gasteiger charge is -1.96. The summed E-state index contributed by atoms with van der Waals surface area (Å²) in [6.45, 7) is 0. The largest absolute Gasteiger partial charge is 0.363 e. The number of rotatable bonds is 1. The second-order valence-corrected chi connectivity index (χ2v) is 2.62. The van der Waals surface area contributed by atoms with Gasteiger partial charge in [0.2, 0.25) is 11.8 Å². The molecule has 2 aromatic heterocycles. The molecule has 1 amide bonds. The number of fused-ring (bicyclic) bond motifs is 1. The predicted octanol–water partition coefficient (Wildman–Crippen LogP) is -0.739. The minimum Gasteiger partial charge on any atom is -0.363 e. The Kier molecular flexibility index (Phi) is 1.60. The average Bonchev–Trinajstić information content (AvgIpc) is 2.48. The first-order valence-corrected chi connectivity index (χ1v) is 3.67. The van der Waals surface area contributed by atoms with Gasteiger partial charge < -0.3 is 5.73 Å². The number of halogens is 1. The van der Waals surface area contributed by atoms with Crippen molar-refractivity contribution in [2.45, 2.75) is 0 Å². The molecule has 0 fully saturated rings. The van der Waals surface area contributed by atoms with Gasteiger partial charge in [0.15, 0.2) is 0 Å². The highest BCUT2D eigenvalue weighted by atomic mass is 19.1. The Morgan fingerprint density at radius 3 is 2.93 bits per heavy atom. The van der Waals surface area contributed by atoms with Crippen LogP contribution in [-0.2, 0) is 0 Å². The molecule has 0 radical (unpaired) electrons. The second-order valence-electron chi connectivity index (χ2n) is 2.62. The van der Waals surface area contributed by atoms with Crippen LogP contribution in [0.15, 0.2) is 16.9 Å². The third-order valence-corrected chi connectivity index (χ3v) is 1.71. The molecule has 2 rings (SSSR count). The predicted molar refractivity (Wildman–Crippen MR) is 44.3 cm³/mol. The molecular formula is C7H5FN4O2. The fourth-order valence-electron chi connectivity index (χ4n) is 1.08. The highest BCUT2D eigenvalue weighted by Gasteiger charge is 2.10. The Morgan fingerprint density at radius 1 is 1.57 bits per heavy atom. The van der Waals surface area contributed by atoms with E-state index in [1.165, 1.54) is 6.07 Å². The molecule has 0 aliphatic rings. The van der Waals surface area contributed by atoms with Gasteiger partial charge in [0.1, 0.15) is 5.52 Å². The van der Waals surface area contributed by atoms with Crippen LogP contribution in [0.25, 0.3) is 5.52 Å². The molecule has 0 spiro atoms. The van der Waals surface area contributed by atoms with E-state index in [1.54, 1.807) is 0 Å². The maximum Gasteiger partial charge on any atom is 0.286 e. The van der Waals surface area contributed by atoms with Crippen molar-refractivity contribution in [1.29, 1.82) is 0 Å². The molecule has 6 nitrogen and oxygen atoms in total. The summed E-state index contributed by atoms with van der Waals surface area (Å²) in [5.74, 6) is -2.02. The number of nitrogens with one attached hydrogen (secondary N) is 1. The standard InChI is InChI=1S/C7H5FN4O2/c8-4-2-1-3-7(14)10-6(5(9)13)11-12(3)4/h1-2H,(H2,9,13)(H,10,11,14). The average molecular weight is 196 g/mol. The molecule has 0 bridgehead atoms. The third kappa shape index (κ3) is 1.06. The Bertz CT molecular complexity index is 571. The highest BCUT2D eigenvalue weighted by Crippen LogP contribution is 2.01. The van der Waals surface area contributed by atoms with Crippen LogP contribution in [-0.4, -0.2) is 20.5 Å². The number of aromatic nitrogens is 3. The quantitative estimate of drug-likeness (QED) is 0.629. The van der Waals surface area contributed by atoms with Crippen LogP contribution in [0.1, 0.15) is 10.6 Å². The summed E-state index contributed by atoms with van der Waals surface area (Å²) in [5, 5.41) is 3.51. The van der Waals surface area contributed by atoms with Crippen molar-refractivity contribution in [3.8, 4) is 0 Å². The topological polar surface area (TPSA) is 93.2 Å². The van der Waals surface area contributed by atoms with E-state index in [1.807, 2.05) is 0 Å². The molecule has 3 N–H and O–H groups in total. The van der Waals surface area contributed by atoms with Gasteiger partial charge >= 0.3 is 0 Å². The zero-order chi connectivity index (χ0) is 10.3. The molecule has 2 heterocycles. The summed E-state index contributed by atoms with van der Waals surface area (Å²) in [4.78, 5) is 24.0. The van der Waals surface area contributed by atoms with Crippen molar-refractivity contribution in [2.75, 3.05) is 0 Å². The first kappa shape index (κ1) is 8.42. The summed E-state index contributed by atoms with van der Waals surface area (Å²) in [5.41, 5.74) is 4.29. The van der Waals surface area contributed by atoms with Gasteiger partial charge in [-0.2, -0.15) is 8.91 Å². The van der Waals surface area contributed by atoms with Crippen LogP contribution in [0.3, 0.4) is 0 Å². The molecular weight excluding hydrogens is 191 g/mol. The zero-order valence-corrected chi connectivity index (χ0v) is 6.82. The van der Waals surface area contributed by atoms with E-state index in [9.17, 15) is 14.0 Å². The molecule has 2 aromatic rings. The van der Waals surface area contributed by atoms with Gasteiger partial charge in [-0.15, -0.1) is 5.10 Å². The van der Waals surface area contributed by atoms with Crippen LogP contribution in [0.5, 0.6) is 0 Å². The lowest BCUT2D eigenvalue weighted by Crippen LogP contribution is -2.23. The van der Waals surface area contributed by atoms with Gasteiger partial charge in [-0.1, -0.05) is 0 Å². The maximum atomic E-state index is 13.0. The molecule has 0 aliphatic carbocycles. The number of hydrogen-bond donors (Lipinski definition) is 2. The van der Waals surface area contributed by atoms with E-state index >= 15 is 0 Å². The lowest BCUT2D eigenvalue weighted by atomic mass is 10.5. The van der Waals surface area contributed by atoms with Crippen molar-refractivity contribution in [1.82, 2.24) is 14.6 Å². The van der Waals surface area contributed by atoms with Crippen molar-refractivity contribution in [2.24, 2.45) is 5.73 Å². The first-order chi connectivity index (χ1) is 6.59. The van der Waals surface area contributed by atoms with Gasteiger partial charge in [-0.25, -0.2) is 0 Å². The van der Waals surface area contributed by atoms with Gasteiger partial charge in [0.25, 0.3) is 11.5 Å². The molecule has 0 atom stereocenters. The Hall–Kier alpha value is -2.18. The van der Waals surface area contributed by atoms with E-state index < -0.39 is 17.4 Å². The summed E-state index contributed by atoms with van der Waals surface area (Å²) in [6.07, 6.45) is 0. The molecule has 0 saturated carbocycles. The van der Waals surface area contributed by atoms with Crippen molar-refractivity contribution in [3.63, 3.8) is 0 Å². The molecule has 0 aromatic carbocycles. The van der Waals surface area contributed by atoms with Gasteiger partial charge in [-0.05, 0) is 12.1 Å². The van der Waals surface area contributed by atoms with E-state index in [-0.39, 0.29) is 11.3 Å². The van der Waals surface area contributed by atoms with Crippen molar-refractivity contribution < 1.29 is 9.18 Å².